The van der Waals surface area contributed by atoms with Crippen LogP contribution in [0.1, 0.15) is 50.5 Å². The van der Waals surface area contributed by atoms with Crippen LogP contribution in [0.2, 0.25) is 0 Å². The highest BCUT2D eigenvalue weighted by atomic mass is 32.1. The highest BCUT2D eigenvalue weighted by molar-refractivity contribution is 7.80. The van der Waals surface area contributed by atoms with Gasteiger partial charge in [0.25, 0.3) is 0 Å². The van der Waals surface area contributed by atoms with Gasteiger partial charge in [-0.2, -0.15) is 0 Å². The van der Waals surface area contributed by atoms with Crippen LogP contribution in [0.15, 0.2) is 18.2 Å². The number of carbonyl (C=O) groups is 1. The van der Waals surface area contributed by atoms with Crippen molar-refractivity contribution in [3.8, 4) is 0 Å². The molecule has 0 unspecified atom stereocenters. The van der Waals surface area contributed by atoms with Gasteiger partial charge >= 0.3 is 0 Å². The largest absolute Gasteiger partial charge is 0.389 e. The summed E-state index contributed by atoms with van der Waals surface area (Å²) in [4.78, 5) is 12.0. The predicted molar refractivity (Wildman–Crippen MR) is 86.7 cm³/mol. The number of thiocarbonyl (C=S) groups is 1. The van der Waals surface area contributed by atoms with Gasteiger partial charge in [0.1, 0.15) is 10.8 Å². The van der Waals surface area contributed by atoms with Gasteiger partial charge in [0.15, 0.2) is 0 Å². The van der Waals surface area contributed by atoms with Crippen molar-refractivity contribution in [3.63, 3.8) is 0 Å². The predicted octanol–water partition coefficient (Wildman–Crippen LogP) is 3.76. The van der Waals surface area contributed by atoms with E-state index in [1.807, 2.05) is 0 Å². The summed E-state index contributed by atoms with van der Waals surface area (Å²) in [6.07, 6.45) is 7.62. The maximum absolute atomic E-state index is 13.7. The second-order valence-electron chi connectivity index (χ2n) is 5.62. The van der Waals surface area contributed by atoms with Gasteiger partial charge in [-0.25, -0.2) is 4.39 Å². The van der Waals surface area contributed by atoms with E-state index in [1.54, 1.807) is 6.07 Å². The maximum atomic E-state index is 13.7. The van der Waals surface area contributed by atoms with Crippen molar-refractivity contribution in [1.82, 2.24) is 0 Å². The number of carbonyl (C=O) groups excluding carboxylic acids is 1. The van der Waals surface area contributed by atoms with Crippen LogP contribution < -0.4 is 11.1 Å². The first-order chi connectivity index (χ1) is 10.1. The molecule has 0 aliphatic heterocycles. The Hall–Kier alpha value is -1.49. The number of benzene rings is 1. The third kappa shape index (κ3) is 4.49. The van der Waals surface area contributed by atoms with Gasteiger partial charge in [-0.1, -0.05) is 50.4 Å². The molecule has 0 radical (unpaired) electrons. The van der Waals surface area contributed by atoms with Gasteiger partial charge in [-0.15, -0.1) is 0 Å². The van der Waals surface area contributed by atoms with Gasteiger partial charge in [0, 0.05) is 6.42 Å². The molecule has 0 atom stereocenters. The summed E-state index contributed by atoms with van der Waals surface area (Å²) >= 11 is 4.84. The molecule has 1 saturated carbocycles. The van der Waals surface area contributed by atoms with Gasteiger partial charge in [0.2, 0.25) is 5.91 Å². The molecule has 0 bridgehead atoms. The highest BCUT2D eigenvalue weighted by Gasteiger charge is 2.16. The van der Waals surface area contributed by atoms with Crippen molar-refractivity contribution in [2.45, 2.75) is 44.9 Å². The standard InChI is InChI=1S/C16H21FN2OS/c17-12-7-4-8-13(15(12)16(18)21)19-14(20)10-9-11-5-2-1-3-6-11/h4,7-8,11H,1-3,5-6,9-10H2,(H2,18,21)(H,19,20). The molecule has 114 valence electrons. The molecule has 1 aromatic rings. The minimum absolute atomic E-state index is 0.0457. The van der Waals surface area contributed by atoms with Crippen LogP contribution in [0.3, 0.4) is 0 Å². The fourth-order valence-corrected chi connectivity index (χ4v) is 3.11. The number of nitrogens with one attached hydrogen (secondary N) is 1. The summed E-state index contributed by atoms with van der Waals surface area (Å²) in [6.45, 7) is 0. The zero-order valence-corrected chi connectivity index (χ0v) is 12.8. The smallest absolute Gasteiger partial charge is 0.224 e. The molecule has 1 aromatic carbocycles. The third-order valence-corrected chi connectivity index (χ3v) is 4.24. The molecule has 5 heteroatoms. The van der Waals surface area contributed by atoms with E-state index in [-0.39, 0.29) is 16.5 Å². The number of rotatable bonds is 5. The average Bonchev–Trinajstić information content (AvgIpc) is 2.46. The fraction of sp³-hybridized carbons (Fsp3) is 0.500. The van der Waals surface area contributed by atoms with E-state index in [2.05, 4.69) is 5.32 Å². The minimum Gasteiger partial charge on any atom is -0.389 e. The first kappa shape index (κ1) is 15.9. The lowest BCUT2D eigenvalue weighted by Gasteiger charge is -2.21. The second-order valence-corrected chi connectivity index (χ2v) is 6.06. The van der Waals surface area contributed by atoms with Crippen molar-refractivity contribution in [3.05, 3.63) is 29.6 Å². The van der Waals surface area contributed by atoms with E-state index in [0.717, 1.165) is 6.42 Å². The maximum Gasteiger partial charge on any atom is 0.224 e. The number of hydrogen-bond donors (Lipinski definition) is 2. The number of amides is 1. The van der Waals surface area contributed by atoms with Crippen LogP contribution in [0, 0.1) is 11.7 Å². The molecule has 3 nitrogen and oxygen atoms in total. The Kier molecular flexibility index (Phi) is 5.67. The summed E-state index contributed by atoms with van der Waals surface area (Å²) in [5.74, 6) is 0.0309. The zero-order chi connectivity index (χ0) is 15.2. The quantitative estimate of drug-likeness (QED) is 0.814. The Balaban J connectivity index is 1.93. The molecule has 1 fully saturated rings. The molecule has 2 rings (SSSR count). The molecule has 3 N–H and O–H groups in total. The summed E-state index contributed by atoms with van der Waals surface area (Å²) in [5.41, 5.74) is 5.99. The Morgan fingerprint density at radius 3 is 2.71 bits per heavy atom. The number of anilines is 1. The van der Waals surface area contributed by atoms with Crippen molar-refractivity contribution in [1.29, 1.82) is 0 Å². The summed E-state index contributed by atoms with van der Waals surface area (Å²) in [6, 6.07) is 4.44. The normalized spacial score (nSPS) is 15.7. The lowest BCUT2D eigenvalue weighted by molar-refractivity contribution is -0.116. The van der Waals surface area contributed by atoms with E-state index in [4.69, 9.17) is 18.0 Å². The van der Waals surface area contributed by atoms with Crippen LogP contribution in [0.4, 0.5) is 10.1 Å². The van der Waals surface area contributed by atoms with E-state index < -0.39 is 5.82 Å². The number of nitrogens with two attached hydrogens (primary N) is 1. The number of hydrogen-bond acceptors (Lipinski definition) is 2. The van der Waals surface area contributed by atoms with Crippen LogP contribution >= 0.6 is 12.2 Å². The number of halogens is 1. The van der Waals surface area contributed by atoms with E-state index in [1.165, 1.54) is 44.2 Å². The van der Waals surface area contributed by atoms with Gasteiger partial charge < -0.3 is 11.1 Å². The monoisotopic (exact) mass is 308 g/mol. The lowest BCUT2D eigenvalue weighted by Crippen LogP contribution is -2.19. The summed E-state index contributed by atoms with van der Waals surface area (Å²) in [5, 5.41) is 2.73. The Morgan fingerprint density at radius 1 is 1.33 bits per heavy atom. The van der Waals surface area contributed by atoms with E-state index in [0.29, 0.717) is 18.0 Å². The van der Waals surface area contributed by atoms with Crippen molar-refractivity contribution in [2.24, 2.45) is 11.7 Å². The zero-order valence-electron chi connectivity index (χ0n) is 12.0. The first-order valence-corrected chi connectivity index (χ1v) is 7.87. The van der Waals surface area contributed by atoms with Crippen LogP contribution in [0.5, 0.6) is 0 Å². The molecule has 1 aliphatic rings. The van der Waals surface area contributed by atoms with Crippen molar-refractivity contribution < 1.29 is 9.18 Å². The Morgan fingerprint density at radius 2 is 2.05 bits per heavy atom. The Labute approximate surface area is 130 Å². The average molecular weight is 308 g/mol. The molecule has 0 spiro atoms. The summed E-state index contributed by atoms with van der Waals surface area (Å²) in [7, 11) is 0. The first-order valence-electron chi connectivity index (χ1n) is 7.46. The van der Waals surface area contributed by atoms with Gasteiger partial charge in [-0.3, -0.25) is 4.79 Å². The topological polar surface area (TPSA) is 55.1 Å². The molecular weight excluding hydrogens is 287 g/mol. The molecule has 21 heavy (non-hydrogen) atoms. The molecule has 0 aromatic heterocycles. The highest BCUT2D eigenvalue weighted by Crippen LogP contribution is 2.27. The molecule has 1 amide bonds. The van der Waals surface area contributed by atoms with Gasteiger partial charge in [-0.05, 0) is 24.5 Å². The second kappa shape index (κ2) is 7.50. The molecule has 0 heterocycles. The summed E-state index contributed by atoms with van der Waals surface area (Å²) < 4.78 is 13.7. The van der Waals surface area contributed by atoms with Crippen molar-refractivity contribution in [2.75, 3.05) is 5.32 Å². The minimum atomic E-state index is -0.507. The molecular formula is C16H21FN2OS. The van der Waals surface area contributed by atoms with Gasteiger partial charge in [0.05, 0.1) is 11.3 Å². The van der Waals surface area contributed by atoms with E-state index >= 15 is 0 Å². The third-order valence-electron chi connectivity index (χ3n) is 4.04. The van der Waals surface area contributed by atoms with Crippen LogP contribution in [0.25, 0.3) is 0 Å². The molecule has 1 aliphatic carbocycles. The SMILES string of the molecule is NC(=S)c1c(F)cccc1NC(=O)CCC1CCCCC1. The van der Waals surface area contributed by atoms with Crippen LogP contribution in [-0.4, -0.2) is 10.9 Å². The molecule has 0 saturated heterocycles. The Bertz CT molecular complexity index is 527. The fourth-order valence-electron chi connectivity index (χ4n) is 2.90. The van der Waals surface area contributed by atoms with Crippen molar-refractivity contribution >= 4 is 28.8 Å². The van der Waals surface area contributed by atoms with Crippen LogP contribution in [-0.2, 0) is 4.79 Å². The van der Waals surface area contributed by atoms with E-state index in [9.17, 15) is 9.18 Å². The lowest BCUT2D eigenvalue weighted by atomic mass is 9.86.